The molecule has 0 aliphatic heterocycles. The first-order valence-corrected chi connectivity index (χ1v) is 9.16. The molecule has 134 valence electrons. The first kappa shape index (κ1) is 18.5. The topological polar surface area (TPSA) is 49.8 Å². The molecule has 0 bridgehead atoms. The largest absolute Gasteiger partial charge is 0.366 e. The number of nitrogens with zero attached hydrogens (tertiary/aromatic N) is 2. The third-order valence-corrected chi connectivity index (χ3v) is 4.31. The van der Waals surface area contributed by atoms with Gasteiger partial charge in [0.25, 0.3) is 0 Å². The fraction of sp³-hybridized carbons (Fsp3) is 0.200. The van der Waals surface area contributed by atoms with Crippen LogP contribution in [-0.4, -0.2) is 16.5 Å². The van der Waals surface area contributed by atoms with Crippen LogP contribution in [0, 0.1) is 6.92 Å². The maximum absolute atomic E-state index is 6.02. The normalized spacial score (nSPS) is 10.6. The molecule has 2 N–H and O–H groups in total. The van der Waals surface area contributed by atoms with E-state index >= 15 is 0 Å². The van der Waals surface area contributed by atoms with Crippen LogP contribution in [-0.2, 0) is 13.0 Å². The maximum Gasteiger partial charge on any atom is 0.224 e. The van der Waals surface area contributed by atoms with Crippen molar-refractivity contribution < 1.29 is 0 Å². The van der Waals surface area contributed by atoms with Crippen molar-refractivity contribution >= 4 is 35.0 Å². The average molecular weight is 387 g/mol. The molecule has 0 amide bonds. The summed E-state index contributed by atoms with van der Waals surface area (Å²) in [6, 6.07) is 17.5. The van der Waals surface area contributed by atoms with Crippen LogP contribution in [0.25, 0.3) is 0 Å². The van der Waals surface area contributed by atoms with Crippen molar-refractivity contribution in [2.45, 2.75) is 19.9 Å². The second-order valence-corrected chi connectivity index (χ2v) is 6.88. The molecule has 3 aromatic rings. The Labute approximate surface area is 163 Å². The Morgan fingerprint density at radius 3 is 2.42 bits per heavy atom. The quantitative estimate of drug-likeness (QED) is 0.573. The van der Waals surface area contributed by atoms with Crippen LogP contribution < -0.4 is 10.6 Å². The van der Waals surface area contributed by atoms with Gasteiger partial charge in [0.2, 0.25) is 5.95 Å². The Hall–Kier alpha value is -2.30. The second kappa shape index (κ2) is 8.88. The van der Waals surface area contributed by atoms with Crippen LogP contribution in [0.2, 0.25) is 10.0 Å². The zero-order chi connectivity index (χ0) is 18.4. The van der Waals surface area contributed by atoms with Crippen LogP contribution in [0.4, 0.5) is 11.8 Å². The molecule has 0 saturated heterocycles. The summed E-state index contributed by atoms with van der Waals surface area (Å²) in [5.74, 6) is 1.41. The molecule has 2 aromatic carbocycles. The molecular formula is C20H20Cl2N4. The molecular weight excluding hydrogens is 367 g/mol. The van der Waals surface area contributed by atoms with Crippen molar-refractivity contribution in [2.75, 3.05) is 17.2 Å². The van der Waals surface area contributed by atoms with Crippen molar-refractivity contribution in [3.8, 4) is 0 Å². The number of halogens is 2. The highest BCUT2D eigenvalue weighted by Crippen LogP contribution is 2.14. The Kier molecular flexibility index (Phi) is 6.31. The van der Waals surface area contributed by atoms with Gasteiger partial charge in [-0.15, -0.1) is 0 Å². The number of anilines is 2. The highest BCUT2D eigenvalue weighted by molar-refractivity contribution is 6.30. The molecule has 3 rings (SSSR count). The van der Waals surface area contributed by atoms with Crippen LogP contribution in [0.5, 0.6) is 0 Å². The summed E-state index contributed by atoms with van der Waals surface area (Å²) in [6.07, 6.45) is 0.853. The molecule has 0 saturated carbocycles. The number of hydrogen-bond donors (Lipinski definition) is 2. The van der Waals surface area contributed by atoms with E-state index in [1.807, 2.05) is 55.5 Å². The first-order chi connectivity index (χ1) is 12.6. The minimum absolute atomic E-state index is 0.616. The predicted octanol–water partition coefficient (Wildman–Crippen LogP) is 5.36. The highest BCUT2D eigenvalue weighted by atomic mass is 35.5. The molecule has 4 nitrogen and oxygen atoms in total. The fourth-order valence-corrected chi connectivity index (χ4v) is 2.88. The van der Waals surface area contributed by atoms with E-state index in [0.717, 1.165) is 40.1 Å². The minimum atomic E-state index is 0.616. The summed E-state index contributed by atoms with van der Waals surface area (Å²) in [4.78, 5) is 8.97. The van der Waals surface area contributed by atoms with E-state index in [4.69, 9.17) is 23.2 Å². The van der Waals surface area contributed by atoms with Gasteiger partial charge >= 0.3 is 0 Å². The Bertz CT molecular complexity index is 866. The van der Waals surface area contributed by atoms with E-state index in [9.17, 15) is 0 Å². The molecule has 0 aliphatic rings. The van der Waals surface area contributed by atoms with Crippen molar-refractivity contribution in [3.63, 3.8) is 0 Å². The SMILES string of the molecule is Cc1cc(NCc2ccc(Cl)cc2)nc(NCCc2cccc(Cl)c2)n1. The molecule has 6 heteroatoms. The zero-order valence-electron chi connectivity index (χ0n) is 14.5. The van der Waals surface area contributed by atoms with Gasteiger partial charge in [-0.05, 0) is 48.7 Å². The Morgan fingerprint density at radius 1 is 0.846 bits per heavy atom. The van der Waals surface area contributed by atoms with Crippen LogP contribution in [0.15, 0.2) is 54.6 Å². The number of benzene rings is 2. The summed E-state index contributed by atoms with van der Waals surface area (Å²) < 4.78 is 0. The molecule has 0 unspecified atom stereocenters. The molecule has 0 radical (unpaired) electrons. The number of aromatic nitrogens is 2. The molecule has 1 aromatic heterocycles. The standard InChI is InChI=1S/C20H20Cl2N4/c1-14-11-19(24-13-16-5-7-17(21)8-6-16)26-20(25-14)23-10-9-15-3-2-4-18(22)12-15/h2-8,11-12H,9-10,13H2,1H3,(H2,23,24,25,26). The van der Waals surface area contributed by atoms with E-state index in [1.54, 1.807) is 0 Å². The van der Waals surface area contributed by atoms with Gasteiger partial charge in [-0.3, -0.25) is 0 Å². The van der Waals surface area contributed by atoms with Crippen LogP contribution >= 0.6 is 23.2 Å². The zero-order valence-corrected chi connectivity index (χ0v) is 16.0. The van der Waals surface area contributed by atoms with Crippen molar-refractivity contribution in [3.05, 3.63) is 81.5 Å². The Balaban J connectivity index is 1.57. The van der Waals surface area contributed by atoms with E-state index in [2.05, 4.69) is 26.7 Å². The van der Waals surface area contributed by atoms with Gasteiger partial charge < -0.3 is 10.6 Å². The minimum Gasteiger partial charge on any atom is -0.366 e. The lowest BCUT2D eigenvalue weighted by Crippen LogP contribution is -2.10. The molecule has 0 fully saturated rings. The van der Waals surface area contributed by atoms with Gasteiger partial charge in [-0.2, -0.15) is 4.98 Å². The first-order valence-electron chi connectivity index (χ1n) is 8.41. The van der Waals surface area contributed by atoms with Gasteiger partial charge in [0.05, 0.1) is 0 Å². The lowest BCUT2D eigenvalue weighted by molar-refractivity contribution is 0.970. The number of hydrogen-bond acceptors (Lipinski definition) is 4. The third kappa shape index (κ3) is 5.61. The van der Waals surface area contributed by atoms with E-state index in [1.165, 1.54) is 5.56 Å². The van der Waals surface area contributed by atoms with E-state index < -0.39 is 0 Å². The number of rotatable bonds is 7. The Morgan fingerprint density at radius 2 is 1.65 bits per heavy atom. The number of aryl methyl sites for hydroxylation is 1. The van der Waals surface area contributed by atoms with Gasteiger partial charge in [-0.1, -0.05) is 47.5 Å². The summed E-state index contributed by atoms with van der Waals surface area (Å²) in [6.45, 7) is 3.37. The summed E-state index contributed by atoms with van der Waals surface area (Å²) in [7, 11) is 0. The third-order valence-electron chi connectivity index (χ3n) is 3.83. The fourth-order valence-electron chi connectivity index (χ4n) is 2.54. The molecule has 1 heterocycles. The summed E-state index contributed by atoms with van der Waals surface area (Å²) in [5.41, 5.74) is 3.23. The summed E-state index contributed by atoms with van der Waals surface area (Å²) in [5, 5.41) is 8.09. The molecule has 0 spiro atoms. The second-order valence-electron chi connectivity index (χ2n) is 6.00. The molecule has 26 heavy (non-hydrogen) atoms. The lowest BCUT2D eigenvalue weighted by Gasteiger charge is -2.10. The van der Waals surface area contributed by atoms with Gasteiger partial charge in [0, 0.05) is 34.9 Å². The van der Waals surface area contributed by atoms with Gasteiger partial charge in [-0.25, -0.2) is 4.98 Å². The van der Waals surface area contributed by atoms with E-state index in [-0.39, 0.29) is 0 Å². The van der Waals surface area contributed by atoms with Crippen LogP contribution in [0.3, 0.4) is 0 Å². The van der Waals surface area contributed by atoms with Crippen LogP contribution in [0.1, 0.15) is 16.8 Å². The van der Waals surface area contributed by atoms with Gasteiger partial charge in [0.1, 0.15) is 5.82 Å². The van der Waals surface area contributed by atoms with Crippen molar-refractivity contribution in [1.82, 2.24) is 9.97 Å². The number of nitrogens with one attached hydrogen (secondary N) is 2. The lowest BCUT2D eigenvalue weighted by atomic mass is 10.1. The smallest absolute Gasteiger partial charge is 0.224 e. The average Bonchev–Trinajstić information content (AvgIpc) is 2.61. The predicted molar refractivity (Wildman–Crippen MR) is 109 cm³/mol. The monoisotopic (exact) mass is 386 g/mol. The highest BCUT2D eigenvalue weighted by Gasteiger charge is 2.03. The molecule has 0 atom stereocenters. The van der Waals surface area contributed by atoms with Crippen molar-refractivity contribution in [2.24, 2.45) is 0 Å². The van der Waals surface area contributed by atoms with Gasteiger partial charge in [0.15, 0.2) is 0 Å². The van der Waals surface area contributed by atoms with E-state index in [0.29, 0.717) is 12.5 Å². The summed E-state index contributed by atoms with van der Waals surface area (Å²) >= 11 is 11.9. The maximum atomic E-state index is 6.02. The van der Waals surface area contributed by atoms with Crippen molar-refractivity contribution in [1.29, 1.82) is 0 Å². The molecule has 0 aliphatic carbocycles.